The molecule has 148 valence electrons. The van der Waals surface area contributed by atoms with Crippen LogP contribution in [0.3, 0.4) is 0 Å². The van der Waals surface area contributed by atoms with Crippen LogP contribution in [0.1, 0.15) is 29.3 Å². The minimum atomic E-state index is -0.492. The van der Waals surface area contributed by atoms with Gasteiger partial charge in [-0.25, -0.2) is 4.79 Å². The van der Waals surface area contributed by atoms with E-state index in [1.165, 1.54) is 14.0 Å². The Bertz CT molecular complexity index is 1080. The van der Waals surface area contributed by atoms with Gasteiger partial charge in [-0.3, -0.25) is 9.59 Å². The number of para-hydroxylation sites is 1. The molecule has 29 heavy (non-hydrogen) atoms. The van der Waals surface area contributed by atoms with Crippen LogP contribution < -0.4 is 10.6 Å². The average molecular weight is 390 g/mol. The molecule has 0 aliphatic carbocycles. The Hall–Kier alpha value is -3.67. The molecule has 2 N–H and O–H groups in total. The second-order valence-corrected chi connectivity index (χ2v) is 6.66. The van der Waals surface area contributed by atoms with Gasteiger partial charge >= 0.3 is 5.97 Å². The lowest BCUT2D eigenvalue weighted by molar-refractivity contribution is -0.116. The van der Waals surface area contributed by atoms with E-state index < -0.39 is 5.97 Å². The SMILES string of the molecule is COC(=O)c1ccccc1NC(=O)CCc1ccc2cc(NC(C)=O)ccc2c1. The Balaban J connectivity index is 1.65. The molecule has 0 saturated heterocycles. The number of benzene rings is 3. The van der Waals surface area contributed by atoms with E-state index in [4.69, 9.17) is 4.74 Å². The van der Waals surface area contributed by atoms with Crippen molar-refractivity contribution >= 4 is 39.9 Å². The third-order valence-corrected chi connectivity index (χ3v) is 4.47. The molecule has 0 bridgehead atoms. The largest absolute Gasteiger partial charge is 0.465 e. The average Bonchev–Trinajstić information content (AvgIpc) is 2.71. The van der Waals surface area contributed by atoms with Crippen LogP contribution in [0.5, 0.6) is 0 Å². The number of esters is 1. The van der Waals surface area contributed by atoms with Crippen molar-refractivity contribution in [1.82, 2.24) is 0 Å². The molecule has 0 heterocycles. The van der Waals surface area contributed by atoms with Gasteiger partial charge in [0.1, 0.15) is 0 Å². The first-order valence-corrected chi connectivity index (χ1v) is 9.24. The van der Waals surface area contributed by atoms with E-state index in [-0.39, 0.29) is 18.2 Å². The third-order valence-electron chi connectivity index (χ3n) is 4.47. The third kappa shape index (κ3) is 5.19. The van der Waals surface area contributed by atoms with E-state index in [2.05, 4.69) is 10.6 Å². The molecule has 3 aromatic carbocycles. The van der Waals surface area contributed by atoms with E-state index in [0.29, 0.717) is 17.7 Å². The van der Waals surface area contributed by atoms with Gasteiger partial charge in [0.25, 0.3) is 0 Å². The van der Waals surface area contributed by atoms with Crippen molar-refractivity contribution in [3.05, 3.63) is 71.8 Å². The van der Waals surface area contributed by atoms with Crippen LogP contribution in [0.15, 0.2) is 60.7 Å². The number of ether oxygens (including phenoxy) is 1. The van der Waals surface area contributed by atoms with Crippen molar-refractivity contribution in [2.24, 2.45) is 0 Å². The number of carbonyl (C=O) groups excluding carboxylic acids is 3. The van der Waals surface area contributed by atoms with Gasteiger partial charge in [-0.05, 0) is 47.0 Å². The van der Waals surface area contributed by atoms with Crippen molar-refractivity contribution in [1.29, 1.82) is 0 Å². The van der Waals surface area contributed by atoms with Gasteiger partial charge < -0.3 is 15.4 Å². The molecule has 0 saturated carbocycles. The topological polar surface area (TPSA) is 84.5 Å². The molecule has 0 unspecified atom stereocenters. The summed E-state index contributed by atoms with van der Waals surface area (Å²) in [6.07, 6.45) is 0.848. The Morgan fingerprint density at radius 2 is 1.62 bits per heavy atom. The fraction of sp³-hybridized carbons (Fsp3) is 0.174. The quantitative estimate of drug-likeness (QED) is 0.619. The van der Waals surface area contributed by atoms with Gasteiger partial charge in [0, 0.05) is 19.0 Å². The summed E-state index contributed by atoms with van der Waals surface area (Å²) in [5.41, 5.74) is 2.54. The number of aryl methyl sites for hydroxylation is 1. The summed E-state index contributed by atoms with van der Waals surface area (Å²) < 4.78 is 4.74. The van der Waals surface area contributed by atoms with Crippen molar-refractivity contribution < 1.29 is 19.1 Å². The number of carbonyl (C=O) groups is 3. The lowest BCUT2D eigenvalue weighted by Crippen LogP contribution is -2.15. The Morgan fingerprint density at radius 1 is 0.897 bits per heavy atom. The zero-order valence-corrected chi connectivity index (χ0v) is 16.3. The number of anilines is 2. The number of methoxy groups -OCH3 is 1. The lowest BCUT2D eigenvalue weighted by atomic mass is 10.0. The number of fused-ring (bicyclic) bond motifs is 1. The molecular formula is C23H22N2O4. The standard InChI is InChI=1S/C23H22N2O4/c1-15(26)24-19-11-10-17-13-16(7-9-18(17)14-19)8-12-22(27)25-21-6-4-3-5-20(21)23(28)29-2/h3-7,9-11,13-14H,8,12H2,1-2H3,(H,24,26)(H,25,27). The molecule has 0 radical (unpaired) electrons. The molecule has 0 spiro atoms. The first-order chi connectivity index (χ1) is 14.0. The van der Waals surface area contributed by atoms with E-state index in [9.17, 15) is 14.4 Å². The Morgan fingerprint density at radius 3 is 2.38 bits per heavy atom. The molecule has 0 fully saturated rings. The summed E-state index contributed by atoms with van der Waals surface area (Å²) in [4.78, 5) is 35.3. The second-order valence-electron chi connectivity index (χ2n) is 6.66. The summed E-state index contributed by atoms with van der Waals surface area (Å²) in [6, 6.07) is 18.4. The zero-order chi connectivity index (χ0) is 20.8. The first-order valence-electron chi connectivity index (χ1n) is 9.24. The van der Waals surface area contributed by atoms with Gasteiger partial charge in [-0.15, -0.1) is 0 Å². The van der Waals surface area contributed by atoms with Crippen LogP contribution in [-0.4, -0.2) is 24.9 Å². The molecular weight excluding hydrogens is 368 g/mol. The number of hydrogen-bond acceptors (Lipinski definition) is 4. The van der Waals surface area contributed by atoms with Crippen molar-refractivity contribution in [2.75, 3.05) is 17.7 Å². The van der Waals surface area contributed by atoms with E-state index in [0.717, 1.165) is 22.0 Å². The number of rotatable bonds is 6. The van der Waals surface area contributed by atoms with Crippen LogP contribution in [0.2, 0.25) is 0 Å². The van der Waals surface area contributed by atoms with Crippen LogP contribution in [-0.2, 0) is 20.7 Å². The monoisotopic (exact) mass is 390 g/mol. The molecule has 2 amide bonds. The zero-order valence-electron chi connectivity index (χ0n) is 16.3. The van der Waals surface area contributed by atoms with Gasteiger partial charge in [-0.1, -0.05) is 36.4 Å². The maximum atomic E-state index is 12.4. The van der Waals surface area contributed by atoms with Crippen LogP contribution >= 0.6 is 0 Å². The van der Waals surface area contributed by atoms with Gasteiger partial charge in [0.15, 0.2) is 0 Å². The summed E-state index contributed by atoms with van der Waals surface area (Å²) in [5, 5.41) is 7.59. The molecule has 3 aromatic rings. The second kappa shape index (κ2) is 9.01. The predicted octanol–water partition coefficient (Wildman–Crippen LogP) is 4.16. The minimum absolute atomic E-state index is 0.110. The van der Waals surface area contributed by atoms with E-state index >= 15 is 0 Å². The fourth-order valence-corrected chi connectivity index (χ4v) is 3.08. The summed E-state index contributed by atoms with van der Waals surface area (Å²) >= 11 is 0. The predicted molar refractivity (Wildman–Crippen MR) is 113 cm³/mol. The van der Waals surface area contributed by atoms with Crippen LogP contribution in [0.4, 0.5) is 11.4 Å². The normalized spacial score (nSPS) is 10.4. The highest BCUT2D eigenvalue weighted by atomic mass is 16.5. The highest BCUT2D eigenvalue weighted by molar-refractivity contribution is 6.01. The molecule has 0 aliphatic rings. The van der Waals surface area contributed by atoms with Gasteiger partial charge in [0.05, 0.1) is 18.4 Å². The highest BCUT2D eigenvalue weighted by Crippen LogP contribution is 2.22. The number of hydrogen-bond donors (Lipinski definition) is 2. The summed E-state index contributed by atoms with van der Waals surface area (Å²) in [6.45, 7) is 1.47. The Kier molecular flexibility index (Phi) is 6.24. The molecule has 6 heteroatoms. The number of amides is 2. The molecule has 6 nitrogen and oxygen atoms in total. The fourth-order valence-electron chi connectivity index (χ4n) is 3.08. The maximum Gasteiger partial charge on any atom is 0.339 e. The van der Waals surface area contributed by atoms with Crippen LogP contribution in [0.25, 0.3) is 10.8 Å². The van der Waals surface area contributed by atoms with E-state index in [1.807, 2.05) is 36.4 Å². The highest BCUT2D eigenvalue weighted by Gasteiger charge is 2.13. The molecule has 3 rings (SSSR count). The number of nitrogens with one attached hydrogen (secondary N) is 2. The molecule has 0 aromatic heterocycles. The van der Waals surface area contributed by atoms with E-state index in [1.54, 1.807) is 24.3 Å². The van der Waals surface area contributed by atoms with Crippen molar-refractivity contribution in [3.63, 3.8) is 0 Å². The lowest BCUT2D eigenvalue weighted by Gasteiger charge is -2.10. The van der Waals surface area contributed by atoms with Crippen molar-refractivity contribution in [2.45, 2.75) is 19.8 Å². The summed E-state index contributed by atoms with van der Waals surface area (Å²) in [7, 11) is 1.31. The van der Waals surface area contributed by atoms with Gasteiger partial charge in [-0.2, -0.15) is 0 Å². The Labute approximate surface area is 168 Å². The maximum absolute atomic E-state index is 12.4. The molecule has 0 atom stereocenters. The first kappa shape index (κ1) is 20.1. The van der Waals surface area contributed by atoms with Gasteiger partial charge in [0.2, 0.25) is 11.8 Å². The molecule has 0 aliphatic heterocycles. The smallest absolute Gasteiger partial charge is 0.339 e. The summed E-state index contributed by atoms with van der Waals surface area (Å²) in [5.74, 6) is -0.780. The van der Waals surface area contributed by atoms with Crippen LogP contribution in [0, 0.1) is 0 Å². The van der Waals surface area contributed by atoms with Crippen molar-refractivity contribution in [3.8, 4) is 0 Å². The minimum Gasteiger partial charge on any atom is -0.465 e.